The molecule has 0 spiro atoms. The van der Waals surface area contributed by atoms with E-state index in [1.165, 1.54) is 6.07 Å². The Morgan fingerprint density at radius 1 is 1.20 bits per heavy atom. The number of carbonyl (C=O) groups excluding carboxylic acids is 1. The van der Waals surface area contributed by atoms with E-state index >= 15 is 0 Å². The van der Waals surface area contributed by atoms with Crippen LogP contribution in [0.4, 0.5) is 4.39 Å². The van der Waals surface area contributed by atoms with Crippen LogP contribution in [0.25, 0.3) is 5.69 Å². The predicted molar refractivity (Wildman–Crippen MR) is 95.3 cm³/mol. The fourth-order valence-electron chi connectivity index (χ4n) is 2.54. The van der Waals surface area contributed by atoms with Gasteiger partial charge in [0, 0.05) is 24.0 Å². The number of hydrogen-bond acceptors (Lipinski definition) is 2. The summed E-state index contributed by atoms with van der Waals surface area (Å²) < 4.78 is 16.0. The molecule has 6 heteroatoms. The van der Waals surface area contributed by atoms with E-state index < -0.39 is 0 Å². The van der Waals surface area contributed by atoms with Gasteiger partial charge in [-0.05, 0) is 42.3 Å². The van der Waals surface area contributed by atoms with Gasteiger partial charge in [0.15, 0.2) is 0 Å². The maximum Gasteiger partial charge on any atom is 0.224 e. The van der Waals surface area contributed by atoms with E-state index in [0.29, 0.717) is 22.1 Å². The summed E-state index contributed by atoms with van der Waals surface area (Å²) in [5, 5.41) is 3.43. The summed E-state index contributed by atoms with van der Waals surface area (Å²) in [6.45, 7) is 2.08. The Morgan fingerprint density at radius 3 is 2.56 bits per heavy atom. The van der Waals surface area contributed by atoms with Crippen LogP contribution in [0.1, 0.15) is 17.0 Å². The molecule has 3 rings (SSSR count). The van der Waals surface area contributed by atoms with Gasteiger partial charge in [-0.3, -0.25) is 4.79 Å². The average molecular weight is 358 g/mol. The van der Waals surface area contributed by atoms with Crippen LogP contribution in [0.3, 0.4) is 0 Å². The van der Waals surface area contributed by atoms with Crippen LogP contribution in [-0.2, 0) is 17.8 Å². The molecule has 0 radical (unpaired) electrons. The van der Waals surface area contributed by atoms with Crippen LogP contribution >= 0.6 is 11.6 Å². The molecule has 0 saturated carbocycles. The molecule has 1 amide bonds. The second-order valence-corrected chi connectivity index (χ2v) is 6.15. The number of amides is 1. The zero-order valence-electron chi connectivity index (χ0n) is 13.7. The zero-order valence-corrected chi connectivity index (χ0v) is 14.4. The van der Waals surface area contributed by atoms with Gasteiger partial charge in [0.25, 0.3) is 0 Å². The fourth-order valence-corrected chi connectivity index (χ4v) is 2.67. The number of aromatic nitrogens is 2. The number of hydrogen-bond donors (Lipinski definition) is 1. The summed E-state index contributed by atoms with van der Waals surface area (Å²) >= 11 is 5.82. The van der Waals surface area contributed by atoms with E-state index in [0.717, 1.165) is 5.56 Å². The maximum atomic E-state index is 14.3. The molecule has 0 aliphatic rings. The maximum absolute atomic E-state index is 14.3. The highest BCUT2D eigenvalue weighted by Crippen LogP contribution is 2.17. The van der Waals surface area contributed by atoms with Crippen molar-refractivity contribution in [2.24, 2.45) is 0 Å². The Balaban J connectivity index is 1.61. The predicted octanol–water partition coefficient (Wildman–Crippen LogP) is 3.83. The third-order valence-corrected chi connectivity index (χ3v) is 4.12. The molecule has 0 aliphatic heterocycles. The van der Waals surface area contributed by atoms with E-state index in [-0.39, 0.29) is 24.7 Å². The lowest BCUT2D eigenvalue weighted by Crippen LogP contribution is -2.24. The van der Waals surface area contributed by atoms with Crippen LogP contribution in [0.15, 0.2) is 54.9 Å². The summed E-state index contributed by atoms with van der Waals surface area (Å²) in [5.41, 5.74) is 2.01. The minimum Gasteiger partial charge on any atom is -0.352 e. The van der Waals surface area contributed by atoms with Crippen molar-refractivity contribution in [3.8, 4) is 5.69 Å². The monoisotopic (exact) mass is 357 g/mol. The molecule has 1 N–H and O–H groups in total. The summed E-state index contributed by atoms with van der Waals surface area (Å²) in [7, 11) is 0. The first-order chi connectivity index (χ1) is 12.0. The fraction of sp³-hybridized carbons (Fsp3) is 0.158. The van der Waals surface area contributed by atoms with E-state index in [4.69, 9.17) is 11.6 Å². The smallest absolute Gasteiger partial charge is 0.224 e. The number of aryl methyl sites for hydroxylation is 1. The van der Waals surface area contributed by atoms with Gasteiger partial charge in [0.05, 0.1) is 12.1 Å². The normalized spacial score (nSPS) is 10.7. The Morgan fingerprint density at radius 2 is 1.92 bits per heavy atom. The molecular formula is C19H17ClFN3O. The number of rotatable bonds is 5. The van der Waals surface area contributed by atoms with Crippen molar-refractivity contribution in [3.05, 3.63) is 82.6 Å². The van der Waals surface area contributed by atoms with E-state index in [1.54, 1.807) is 41.2 Å². The summed E-state index contributed by atoms with van der Waals surface area (Å²) in [6, 6.07) is 12.0. The van der Waals surface area contributed by atoms with Gasteiger partial charge in [-0.1, -0.05) is 29.8 Å². The van der Waals surface area contributed by atoms with Crippen molar-refractivity contribution in [1.82, 2.24) is 14.9 Å². The van der Waals surface area contributed by atoms with E-state index in [9.17, 15) is 9.18 Å². The Kier molecular flexibility index (Phi) is 5.14. The third-order valence-electron chi connectivity index (χ3n) is 3.86. The molecule has 0 saturated heterocycles. The molecule has 1 heterocycles. The minimum absolute atomic E-state index is 0.128. The molecule has 3 aromatic rings. The van der Waals surface area contributed by atoms with Crippen LogP contribution in [0.5, 0.6) is 0 Å². The molecule has 0 aliphatic carbocycles. The number of halogens is 2. The van der Waals surface area contributed by atoms with Gasteiger partial charge < -0.3 is 9.88 Å². The van der Waals surface area contributed by atoms with Crippen LogP contribution in [0, 0.1) is 12.7 Å². The molecule has 0 unspecified atom stereocenters. The highest BCUT2D eigenvalue weighted by molar-refractivity contribution is 6.30. The second-order valence-electron chi connectivity index (χ2n) is 5.71. The zero-order chi connectivity index (χ0) is 17.8. The molecule has 4 nitrogen and oxygen atoms in total. The lowest BCUT2D eigenvalue weighted by atomic mass is 10.1. The topological polar surface area (TPSA) is 46.9 Å². The summed E-state index contributed by atoms with van der Waals surface area (Å²) in [5.74, 6) is 0.228. The molecule has 128 valence electrons. The first-order valence-electron chi connectivity index (χ1n) is 7.83. The van der Waals surface area contributed by atoms with Gasteiger partial charge >= 0.3 is 0 Å². The SMILES string of the molecule is Cc1nccn1-c1ccc(CNC(=O)Cc2ccc(Cl)cc2)cc1F. The molecule has 0 bridgehead atoms. The summed E-state index contributed by atoms with van der Waals surface area (Å²) in [6.07, 6.45) is 3.59. The highest BCUT2D eigenvalue weighted by Gasteiger charge is 2.09. The van der Waals surface area contributed by atoms with Gasteiger partial charge in [-0.25, -0.2) is 9.37 Å². The summed E-state index contributed by atoms with van der Waals surface area (Å²) in [4.78, 5) is 16.1. The Labute approximate surface area is 150 Å². The highest BCUT2D eigenvalue weighted by atomic mass is 35.5. The number of carbonyl (C=O) groups is 1. The van der Waals surface area contributed by atoms with Crippen molar-refractivity contribution in [3.63, 3.8) is 0 Å². The van der Waals surface area contributed by atoms with Gasteiger partial charge in [-0.15, -0.1) is 0 Å². The van der Waals surface area contributed by atoms with Crippen LogP contribution < -0.4 is 5.32 Å². The number of imidazole rings is 1. The van der Waals surface area contributed by atoms with Gasteiger partial charge in [0.1, 0.15) is 11.6 Å². The third kappa shape index (κ3) is 4.25. The lowest BCUT2D eigenvalue weighted by molar-refractivity contribution is -0.120. The van der Waals surface area contributed by atoms with E-state index in [2.05, 4.69) is 10.3 Å². The molecular weight excluding hydrogens is 341 g/mol. The van der Waals surface area contributed by atoms with Crippen molar-refractivity contribution >= 4 is 17.5 Å². The Bertz CT molecular complexity index is 890. The number of nitrogens with zero attached hydrogens (tertiary/aromatic N) is 2. The quantitative estimate of drug-likeness (QED) is 0.754. The Hall–Kier alpha value is -2.66. The minimum atomic E-state index is -0.356. The number of benzene rings is 2. The molecule has 2 aromatic carbocycles. The molecule has 0 fully saturated rings. The average Bonchev–Trinajstić information content (AvgIpc) is 3.01. The first-order valence-corrected chi connectivity index (χ1v) is 8.20. The molecule has 0 atom stereocenters. The first kappa shape index (κ1) is 17.2. The van der Waals surface area contributed by atoms with Gasteiger partial charge in [0.2, 0.25) is 5.91 Å². The molecule has 25 heavy (non-hydrogen) atoms. The molecule has 1 aromatic heterocycles. The van der Waals surface area contributed by atoms with Gasteiger partial charge in [-0.2, -0.15) is 0 Å². The van der Waals surface area contributed by atoms with Crippen molar-refractivity contribution in [2.75, 3.05) is 0 Å². The van der Waals surface area contributed by atoms with Crippen LogP contribution in [-0.4, -0.2) is 15.5 Å². The van der Waals surface area contributed by atoms with Crippen molar-refractivity contribution in [1.29, 1.82) is 0 Å². The van der Waals surface area contributed by atoms with Crippen LogP contribution in [0.2, 0.25) is 5.02 Å². The lowest BCUT2D eigenvalue weighted by Gasteiger charge is -2.10. The van der Waals surface area contributed by atoms with Crippen molar-refractivity contribution < 1.29 is 9.18 Å². The van der Waals surface area contributed by atoms with E-state index in [1.807, 2.05) is 19.1 Å². The number of nitrogens with one attached hydrogen (secondary N) is 1. The standard InChI is InChI=1S/C19H17ClFN3O/c1-13-22-8-9-24(13)18-7-4-15(10-17(18)21)12-23-19(25)11-14-2-5-16(20)6-3-14/h2-10H,11-12H2,1H3,(H,23,25). The second kappa shape index (κ2) is 7.49. The largest absolute Gasteiger partial charge is 0.352 e. The van der Waals surface area contributed by atoms with Crippen molar-refractivity contribution in [2.45, 2.75) is 19.9 Å².